The van der Waals surface area contributed by atoms with Crippen LogP contribution in [0.15, 0.2) is 22.6 Å². The minimum Gasteiger partial charge on any atom is -0.478 e. The number of aryl methyl sites for hydroxylation is 2. The quantitative estimate of drug-likeness (QED) is 0.800. The zero-order valence-electron chi connectivity index (χ0n) is 12.0. The van der Waals surface area contributed by atoms with Crippen molar-refractivity contribution in [2.45, 2.75) is 27.3 Å². The van der Waals surface area contributed by atoms with Gasteiger partial charge in [0, 0.05) is 23.5 Å². The van der Waals surface area contributed by atoms with Crippen molar-refractivity contribution in [3.05, 3.63) is 46.8 Å². The molecule has 0 unspecified atom stereocenters. The number of carboxylic acids is 1. The third-order valence-corrected chi connectivity index (χ3v) is 3.75. The van der Waals surface area contributed by atoms with Crippen molar-refractivity contribution in [2.75, 3.05) is 0 Å². The molecule has 6 heteroatoms. The number of benzene rings is 1. The van der Waals surface area contributed by atoms with Gasteiger partial charge in [-0.15, -0.1) is 10.2 Å². The van der Waals surface area contributed by atoms with E-state index in [1.54, 1.807) is 19.1 Å². The zero-order valence-corrected chi connectivity index (χ0v) is 12.0. The number of rotatable bonds is 3. The normalized spacial score (nSPS) is 11.2. The fraction of sp³-hybridized carbons (Fsp3) is 0.267. The maximum absolute atomic E-state index is 11.1. The van der Waals surface area contributed by atoms with Gasteiger partial charge in [-0.05, 0) is 37.6 Å². The van der Waals surface area contributed by atoms with Crippen LogP contribution in [0.3, 0.4) is 0 Å². The largest absolute Gasteiger partial charge is 0.478 e. The van der Waals surface area contributed by atoms with Crippen LogP contribution in [0.4, 0.5) is 0 Å². The summed E-state index contributed by atoms with van der Waals surface area (Å²) < 4.78 is 7.48. The summed E-state index contributed by atoms with van der Waals surface area (Å²) >= 11 is 0. The number of nitrogens with zero attached hydrogens (tertiary/aromatic N) is 3. The molecule has 0 aliphatic carbocycles. The Morgan fingerprint density at radius 1 is 1.29 bits per heavy atom. The minimum absolute atomic E-state index is 0.288. The van der Waals surface area contributed by atoms with Crippen molar-refractivity contribution in [1.82, 2.24) is 14.8 Å². The first-order valence-corrected chi connectivity index (χ1v) is 6.59. The molecular weight excluding hydrogens is 270 g/mol. The molecule has 0 bridgehead atoms. The Morgan fingerprint density at radius 2 is 2.05 bits per heavy atom. The number of fused-ring (bicyclic) bond motifs is 1. The molecule has 108 valence electrons. The lowest BCUT2D eigenvalue weighted by atomic mass is 10.1. The summed E-state index contributed by atoms with van der Waals surface area (Å²) in [5.41, 5.74) is 3.37. The predicted molar refractivity (Wildman–Crippen MR) is 76.5 cm³/mol. The van der Waals surface area contributed by atoms with E-state index in [1.807, 2.05) is 19.9 Å². The molecule has 21 heavy (non-hydrogen) atoms. The van der Waals surface area contributed by atoms with Crippen molar-refractivity contribution >= 4 is 16.9 Å². The van der Waals surface area contributed by atoms with Gasteiger partial charge in [0.25, 0.3) is 0 Å². The van der Waals surface area contributed by atoms with Crippen molar-refractivity contribution in [2.24, 2.45) is 0 Å². The average molecular weight is 285 g/mol. The number of hydrogen-bond acceptors (Lipinski definition) is 4. The van der Waals surface area contributed by atoms with Crippen LogP contribution in [0.2, 0.25) is 0 Å². The second-order valence-corrected chi connectivity index (χ2v) is 5.05. The molecule has 0 aliphatic rings. The maximum atomic E-state index is 11.1. The Bertz CT molecular complexity index is 845. The lowest BCUT2D eigenvalue weighted by Crippen LogP contribution is -2.02. The summed E-state index contributed by atoms with van der Waals surface area (Å²) in [7, 11) is 0. The molecular formula is C15H15N3O3. The monoisotopic (exact) mass is 285 g/mol. The van der Waals surface area contributed by atoms with E-state index < -0.39 is 5.97 Å². The van der Waals surface area contributed by atoms with Gasteiger partial charge in [-0.1, -0.05) is 0 Å². The van der Waals surface area contributed by atoms with Crippen LogP contribution in [-0.4, -0.2) is 25.8 Å². The van der Waals surface area contributed by atoms with Crippen LogP contribution in [0.25, 0.3) is 10.9 Å². The van der Waals surface area contributed by atoms with Gasteiger partial charge in [-0.3, -0.25) is 0 Å². The van der Waals surface area contributed by atoms with Crippen molar-refractivity contribution in [1.29, 1.82) is 0 Å². The molecule has 6 nitrogen and oxygen atoms in total. The highest BCUT2D eigenvalue weighted by Crippen LogP contribution is 2.27. The first kappa shape index (κ1) is 13.4. The average Bonchev–Trinajstić information content (AvgIpc) is 2.96. The van der Waals surface area contributed by atoms with Crippen molar-refractivity contribution in [3.63, 3.8) is 0 Å². The summed E-state index contributed by atoms with van der Waals surface area (Å²) in [6.07, 6.45) is 0. The van der Waals surface area contributed by atoms with E-state index in [-0.39, 0.29) is 5.56 Å². The second kappa shape index (κ2) is 4.73. The summed E-state index contributed by atoms with van der Waals surface area (Å²) in [6, 6.07) is 5.14. The molecule has 0 radical (unpaired) electrons. The number of aromatic carboxylic acids is 1. The Balaban J connectivity index is 2.14. The number of aromatic nitrogens is 3. The fourth-order valence-corrected chi connectivity index (χ4v) is 2.52. The topological polar surface area (TPSA) is 81.2 Å². The van der Waals surface area contributed by atoms with Crippen LogP contribution >= 0.6 is 0 Å². The van der Waals surface area contributed by atoms with Crippen LogP contribution in [-0.2, 0) is 6.54 Å². The summed E-state index contributed by atoms with van der Waals surface area (Å²) in [5, 5.41) is 17.9. The van der Waals surface area contributed by atoms with Gasteiger partial charge in [0.15, 0.2) is 0 Å². The van der Waals surface area contributed by atoms with Crippen LogP contribution in [0, 0.1) is 20.8 Å². The fourth-order valence-electron chi connectivity index (χ4n) is 2.52. The van der Waals surface area contributed by atoms with Crippen molar-refractivity contribution in [3.8, 4) is 0 Å². The molecule has 0 aliphatic heterocycles. The third-order valence-electron chi connectivity index (χ3n) is 3.75. The van der Waals surface area contributed by atoms with Crippen LogP contribution < -0.4 is 0 Å². The Kier molecular flexibility index (Phi) is 3.01. The summed E-state index contributed by atoms with van der Waals surface area (Å²) in [5.74, 6) is 0.146. The van der Waals surface area contributed by atoms with E-state index in [4.69, 9.17) is 9.52 Å². The molecule has 3 aromatic rings. The Labute approximate surface area is 121 Å². The second-order valence-electron chi connectivity index (χ2n) is 5.05. The van der Waals surface area contributed by atoms with E-state index in [0.717, 1.165) is 22.2 Å². The van der Waals surface area contributed by atoms with Crippen LogP contribution in [0.1, 0.15) is 33.4 Å². The van der Waals surface area contributed by atoms with E-state index in [9.17, 15) is 4.79 Å². The van der Waals surface area contributed by atoms with E-state index in [1.165, 1.54) is 0 Å². The highest BCUT2D eigenvalue weighted by atomic mass is 16.4. The van der Waals surface area contributed by atoms with Crippen LogP contribution in [0.5, 0.6) is 0 Å². The zero-order chi connectivity index (χ0) is 15.1. The number of carboxylic acid groups (broad SMARTS) is 1. The molecule has 0 amide bonds. The highest BCUT2D eigenvalue weighted by molar-refractivity contribution is 5.95. The molecule has 0 spiro atoms. The summed E-state index contributed by atoms with van der Waals surface area (Å²) in [6.45, 7) is 6.21. The highest BCUT2D eigenvalue weighted by Gasteiger charge is 2.15. The maximum Gasteiger partial charge on any atom is 0.335 e. The Morgan fingerprint density at radius 3 is 2.67 bits per heavy atom. The van der Waals surface area contributed by atoms with Crippen molar-refractivity contribution < 1.29 is 14.3 Å². The van der Waals surface area contributed by atoms with Gasteiger partial charge in [0.1, 0.15) is 6.54 Å². The first-order valence-electron chi connectivity index (χ1n) is 6.59. The van der Waals surface area contributed by atoms with Gasteiger partial charge in [0.2, 0.25) is 11.8 Å². The van der Waals surface area contributed by atoms with E-state index in [0.29, 0.717) is 18.3 Å². The number of hydrogen-bond donors (Lipinski definition) is 1. The Hall–Kier alpha value is -2.63. The van der Waals surface area contributed by atoms with E-state index in [2.05, 4.69) is 14.8 Å². The third kappa shape index (κ3) is 2.18. The molecule has 3 rings (SSSR count). The molecule has 2 heterocycles. The van der Waals surface area contributed by atoms with Gasteiger partial charge in [-0.25, -0.2) is 4.79 Å². The van der Waals surface area contributed by atoms with E-state index >= 15 is 0 Å². The molecule has 0 fully saturated rings. The minimum atomic E-state index is -0.922. The van der Waals surface area contributed by atoms with Gasteiger partial charge < -0.3 is 14.1 Å². The molecule has 2 aromatic heterocycles. The first-order chi connectivity index (χ1) is 9.97. The number of carbonyl (C=O) groups is 1. The molecule has 1 N–H and O–H groups in total. The lowest BCUT2D eigenvalue weighted by molar-refractivity contribution is 0.0697. The standard InChI is InChI=1S/C15H15N3O3/c1-8-9(2)18(7-14-17-16-10(3)21-14)13-5-4-11(15(19)20)6-12(8)13/h4-6H,7H2,1-3H3,(H,19,20). The molecule has 1 aromatic carbocycles. The smallest absolute Gasteiger partial charge is 0.335 e. The van der Waals surface area contributed by atoms with Gasteiger partial charge >= 0.3 is 5.97 Å². The predicted octanol–water partition coefficient (Wildman–Crippen LogP) is 2.70. The lowest BCUT2D eigenvalue weighted by Gasteiger charge is -2.05. The molecule has 0 atom stereocenters. The molecule has 0 saturated carbocycles. The van der Waals surface area contributed by atoms with Gasteiger partial charge in [-0.2, -0.15) is 0 Å². The SMILES string of the molecule is Cc1nnc(Cn2c(C)c(C)c3cc(C(=O)O)ccc32)o1. The van der Waals surface area contributed by atoms with Gasteiger partial charge in [0.05, 0.1) is 5.56 Å². The molecule has 0 saturated heterocycles. The summed E-state index contributed by atoms with van der Waals surface area (Å²) in [4.78, 5) is 11.1.